The molecular weight excluding hydrogens is 264 g/mol. The lowest BCUT2D eigenvalue weighted by molar-refractivity contribution is 0.0658. The highest BCUT2D eigenvalue weighted by molar-refractivity contribution is 5.86. The Kier molecular flexibility index (Phi) is 4.14. The summed E-state index contributed by atoms with van der Waals surface area (Å²) in [4.78, 5) is 10.9. The van der Waals surface area contributed by atoms with Crippen molar-refractivity contribution in [3.63, 3.8) is 0 Å². The summed E-state index contributed by atoms with van der Waals surface area (Å²) in [6.45, 7) is 0.0366. The molecule has 2 rings (SSSR count). The molecule has 0 aliphatic heterocycles. The second-order valence-electron chi connectivity index (χ2n) is 3.86. The van der Waals surface area contributed by atoms with Crippen molar-refractivity contribution in [2.24, 2.45) is 0 Å². The topological polar surface area (TPSA) is 78.1 Å². The first-order valence-corrected chi connectivity index (χ1v) is 5.80. The van der Waals surface area contributed by atoms with Crippen LogP contribution in [0, 0.1) is 0 Å². The summed E-state index contributed by atoms with van der Waals surface area (Å²) in [5, 5.41) is 8.95. The Hall–Kier alpha value is -2.63. The summed E-state index contributed by atoms with van der Waals surface area (Å²) >= 11 is 0. The third kappa shape index (κ3) is 2.69. The van der Waals surface area contributed by atoms with Crippen LogP contribution in [-0.4, -0.2) is 25.3 Å². The molecule has 0 saturated carbocycles. The van der Waals surface area contributed by atoms with Crippen molar-refractivity contribution in [1.82, 2.24) is 0 Å². The number of methoxy groups -OCH3 is 2. The molecule has 0 saturated heterocycles. The number of para-hydroxylation sites is 1. The number of carboxylic acids is 1. The standard InChI is InChI=1S/C14H14O6/c1-17-10-4-3-5-11(18-2)13(10)20-8-9-6-7-19-12(9)14(15)16/h3-7H,8H2,1-2H3,(H,15,16). The summed E-state index contributed by atoms with van der Waals surface area (Å²) in [5.74, 6) is 0.143. The van der Waals surface area contributed by atoms with Crippen molar-refractivity contribution in [2.75, 3.05) is 14.2 Å². The van der Waals surface area contributed by atoms with Gasteiger partial charge in [0, 0.05) is 5.56 Å². The van der Waals surface area contributed by atoms with Crippen LogP contribution in [0.4, 0.5) is 0 Å². The van der Waals surface area contributed by atoms with Crippen molar-refractivity contribution >= 4 is 5.97 Å². The van der Waals surface area contributed by atoms with Gasteiger partial charge in [-0.2, -0.15) is 0 Å². The van der Waals surface area contributed by atoms with Crippen molar-refractivity contribution < 1.29 is 28.5 Å². The zero-order valence-electron chi connectivity index (χ0n) is 11.1. The van der Waals surface area contributed by atoms with Gasteiger partial charge in [0.05, 0.1) is 20.5 Å². The van der Waals surface area contributed by atoms with Gasteiger partial charge in [0.1, 0.15) is 6.61 Å². The second kappa shape index (κ2) is 6.01. The largest absolute Gasteiger partial charge is 0.493 e. The minimum absolute atomic E-state index is 0.0366. The smallest absolute Gasteiger partial charge is 0.372 e. The molecule has 1 heterocycles. The van der Waals surface area contributed by atoms with Gasteiger partial charge in [-0.05, 0) is 18.2 Å². The molecule has 2 aromatic rings. The van der Waals surface area contributed by atoms with E-state index in [9.17, 15) is 4.79 Å². The Morgan fingerprint density at radius 3 is 2.40 bits per heavy atom. The minimum Gasteiger partial charge on any atom is -0.493 e. The number of aromatic carboxylic acids is 1. The molecule has 6 heteroatoms. The lowest BCUT2D eigenvalue weighted by Gasteiger charge is -2.13. The zero-order chi connectivity index (χ0) is 14.5. The van der Waals surface area contributed by atoms with Gasteiger partial charge in [-0.15, -0.1) is 0 Å². The van der Waals surface area contributed by atoms with Crippen LogP contribution in [0.2, 0.25) is 0 Å². The van der Waals surface area contributed by atoms with E-state index in [0.717, 1.165) is 0 Å². The fourth-order valence-electron chi connectivity index (χ4n) is 1.75. The average Bonchev–Trinajstić information content (AvgIpc) is 2.93. The van der Waals surface area contributed by atoms with Crippen molar-refractivity contribution in [3.05, 3.63) is 41.9 Å². The van der Waals surface area contributed by atoms with Gasteiger partial charge in [-0.1, -0.05) is 6.07 Å². The number of hydrogen-bond donors (Lipinski definition) is 1. The van der Waals surface area contributed by atoms with Crippen molar-refractivity contribution in [3.8, 4) is 17.2 Å². The highest BCUT2D eigenvalue weighted by Gasteiger charge is 2.17. The summed E-state index contributed by atoms with van der Waals surface area (Å²) in [6, 6.07) is 6.77. The lowest BCUT2D eigenvalue weighted by atomic mass is 10.2. The molecule has 0 amide bonds. The Morgan fingerprint density at radius 2 is 1.85 bits per heavy atom. The maximum atomic E-state index is 10.9. The molecule has 106 valence electrons. The fraction of sp³-hybridized carbons (Fsp3) is 0.214. The van der Waals surface area contributed by atoms with E-state index in [1.807, 2.05) is 0 Å². The van der Waals surface area contributed by atoms with E-state index in [0.29, 0.717) is 22.8 Å². The molecule has 0 aliphatic carbocycles. The van der Waals surface area contributed by atoms with Gasteiger partial charge >= 0.3 is 5.97 Å². The molecule has 1 aromatic carbocycles. The van der Waals surface area contributed by atoms with E-state index >= 15 is 0 Å². The molecule has 1 aromatic heterocycles. The molecule has 0 unspecified atom stereocenters. The van der Waals surface area contributed by atoms with Crippen LogP contribution in [0.1, 0.15) is 16.1 Å². The Bertz CT molecular complexity index is 579. The number of hydrogen-bond acceptors (Lipinski definition) is 5. The SMILES string of the molecule is COc1cccc(OC)c1OCc1ccoc1C(=O)O. The van der Waals surface area contributed by atoms with E-state index in [1.165, 1.54) is 20.5 Å². The predicted octanol–water partition coefficient (Wildman–Crippen LogP) is 2.57. The van der Waals surface area contributed by atoms with Gasteiger partial charge in [0.25, 0.3) is 0 Å². The Morgan fingerprint density at radius 1 is 1.20 bits per heavy atom. The molecule has 1 N–H and O–H groups in total. The normalized spacial score (nSPS) is 10.1. The third-order valence-electron chi connectivity index (χ3n) is 2.70. The molecule has 0 aliphatic rings. The molecule has 6 nitrogen and oxygen atoms in total. The van der Waals surface area contributed by atoms with Gasteiger partial charge in [0.2, 0.25) is 11.5 Å². The number of carboxylic acid groups (broad SMARTS) is 1. The van der Waals surface area contributed by atoms with Crippen LogP contribution < -0.4 is 14.2 Å². The molecule has 0 atom stereocenters. The summed E-state index contributed by atoms with van der Waals surface area (Å²) in [7, 11) is 3.03. The molecule has 0 fully saturated rings. The van der Waals surface area contributed by atoms with Gasteiger partial charge < -0.3 is 23.7 Å². The third-order valence-corrected chi connectivity index (χ3v) is 2.70. The minimum atomic E-state index is -1.14. The van der Waals surface area contributed by atoms with E-state index in [2.05, 4.69) is 0 Å². The predicted molar refractivity (Wildman–Crippen MR) is 69.5 cm³/mol. The van der Waals surface area contributed by atoms with Gasteiger partial charge in [-0.3, -0.25) is 0 Å². The van der Waals surface area contributed by atoms with Crippen molar-refractivity contribution in [2.45, 2.75) is 6.61 Å². The van der Waals surface area contributed by atoms with Crippen LogP contribution in [0.25, 0.3) is 0 Å². The molecule has 20 heavy (non-hydrogen) atoms. The monoisotopic (exact) mass is 278 g/mol. The van der Waals surface area contributed by atoms with Gasteiger partial charge in [0.15, 0.2) is 11.5 Å². The molecule has 0 radical (unpaired) electrons. The first-order valence-electron chi connectivity index (χ1n) is 5.80. The highest BCUT2D eigenvalue weighted by Crippen LogP contribution is 2.37. The van der Waals surface area contributed by atoms with E-state index in [4.69, 9.17) is 23.7 Å². The van der Waals surface area contributed by atoms with Crippen LogP contribution in [0.5, 0.6) is 17.2 Å². The number of ether oxygens (including phenoxy) is 3. The quantitative estimate of drug-likeness (QED) is 0.875. The molecule has 0 bridgehead atoms. The highest BCUT2D eigenvalue weighted by atomic mass is 16.5. The summed E-state index contributed by atoms with van der Waals surface area (Å²) in [5.41, 5.74) is 0.436. The summed E-state index contributed by atoms with van der Waals surface area (Å²) in [6.07, 6.45) is 1.31. The van der Waals surface area contributed by atoms with Gasteiger partial charge in [-0.25, -0.2) is 4.79 Å². The van der Waals surface area contributed by atoms with E-state index < -0.39 is 5.97 Å². The maximum Gasteiger partial charge on any atom is 0.372 e. The fourth-order valence-corrected chi connectivity index (χ4v) is 1.75. The number of carbonyl (C=O) groups is 1. The van der Waals surface area contributed by atoms with Crippen LogP contribution in [0.3, 0.4) is 0 Å². The first-order chi connectivity index (χ1) is 9.67. The molecule has 0 spiro atoms. The zero-order valence-corrected chi connectivity index (χ0v) is 11.1. The van der Waals surface area contributed by atoms with Crippen molar-refractivity contribution in [1.29, 1.82) is 0 Å². The molecular formula is C14H14O6. The number of furan rings is 1. The lowest BCUT2D eigenvalue weighted by Crippen LogP contribution is -2.04. The number of rotatable bonds is 6. The Balaban J connectivity index is 2.22. The Labute approximate surface area is 115 Å². The van der Waals surface area contributed by atoms with E-state index in [-0.39, 0.29) is 12.4 Å². The van der Waals surface area contributed by atoms with Crippen LogP contribution >= 0.6 is 0 Å². The first kappa shape index (κ1) is 13.8. The maximum absolute atomic E-state index is 10.9. The average molecular weight is 278 g/mol. The summed E-state index contributed by atoms with van der Waals surface area (Å²) < 4.78 is 20.9. The van der Waals surface area contributed by atoms with Crippen LogP contribution in [-0.2, 0) is 6.61 Å². The van der Waals surface area contributed by atoms with Crippen LogP contribution in [0.15, 0.2) is 34.9 Å². The number of benzene rings is 1. The van der Waals surface area contributed by atoms with E-state index in [1.54, 1.807) is 24.3 Å². The second-order valence-corrected chi connectivity index (χ2v) is 3.86.